The van der Waals surface area contributed by atoms with Crippen molar-refractivity contribution >= 4 is 4.40 Å². The summed E-state index contributed by atoms with van der Waals surface area (Å²) in [6, 6.07) is 0. The van der Waals surface area contributed by atoms with Crippen LogP contribution in [0.5, 0.6) is 0 Å². The number of rotatable bonds is 1. The Hall–Kier alpha value is 2.11. The standard InChI is InChI=1S/C3H2N.4W/c1-3-4-2;;;;/h3H2;;;;/q-1;;;;. The first-order valence-corrected chi connectivity index (χ1v) is 13.7. The summed E-state index contributed by atoms with van der Waals surface area (Å²) in [5.41, 5.74) is 0. The molecule has 0 N–H and O–H groups in total. The summed E-state index contributed by atoms with van der Waals surface area (Å²) < 4.78 is 2.75. The molecular weight excluding hydrogens is 785 g/mol. The van der Waals surface area contributed by atoms with E-state index < -0.39 is 0 Å². The van der Waals surface area contributed by atoms with Crippen LogP contribution < -0.4 is 0 Å². The normalized spacial score (nSPS) is 3.88. The molecule has 0 aliphatic rings. The van der Waals surface area contributed by atoms with Gasteiger partial charge in [-0.05, 0) is 0 Å². The van der Waals surface area contributed by atoms with E-state index in [0.29, 0.717) is 6.54 Å². The van der Waals surface area contributed by atoms with E-state index in [2.05, 4.69) is 9.25 Å². The van der Waals surface area contributed by atoms with Crippen LogP contribution in [0.4, 0.5) is 0 Å². The van der Waals surface area contributed by atoms with Crippen molar-refractivity contribution in [3.05, 3.63) is 11.4 Å². The van der Waals surface area contributed by atoms with Crippen LogP contribution in [0.15, 0.2) is 0 Å². The van der Waals surface area contributed by atoms with Gasteiger partial charge < -0.3 is 0 Å². The molecule has 0 aromatic carbocycles. The molecule has 0 unspecified atom stereocenters. The zero-order valence-corrected chi connectivity index (χ0v) is 15.5. The third-order valence-electron chi connectivity index (χ3n) is 0.144. The van der Waals surface area contributed by atoms with Gasteiger partial charge in [0.2, 0.25) is 0 Å². The molecule has 0 aromatic rings. The monoisotopic (exact) mass is 788 g/mol. The number of hydrogen-bond acceptors (Lipinski definition) is 0. The van der Waals surface area contributed by atoms with E-state index in [9.17, 15) is 0 Å². The Bertz CT molecular complexity index is 75.8. The molecular formula is C3H2NW4-. The van der Waals surface area contributed by atoms with Gasteiger partial charge in [-0.2, -0.15) is 0 Å². The summed E-state index contributed by atoms with van der Waals surface area (Å²) in [6.07, 6.45) is 0. The maximum absolute atomic E-state index is 6.18. The summed E-state index contributed by atoms with van der Waals surface area (Å²) in [4.78, 5) is 3.01. The second kappa shape index (κ2) is 22.9. The third-order valence-corrected chi connectivity index (χ3v) is 0.607. The molecule has 0 bridgehead atoms. The second-order valence-corrected chi connectivity index (χ2v) is 1.50. The van der Waals surface area contributed by atoms with E-state index in [4.69, 9.17) is 6.57 Å². The van der Waals surface area contributed by atoms with Gasteiger partial charge in [0.05, 0.1) is 0 Å². The van der Waals surface area contributed by atoms with Crippen LogP contribution in [0, 0.1) is 6.57 Å². The van der Waals surface area contributed by atoms with Crippen molar-refractivity contribution in [2.24, 2.45) is 0 Å². The van der Waals surface area contributed by atoms with E-state index in [1.807, 2.05) is 0 Å². The van der Waals surface area contributed by atoms with Crippen LogP contribution in [0.25, 0.3) is 4.85 Å². The molecule has 0 aliphatic heterocycles. The molecule has 0 aliphatic carbocycles. The van der Waals surface area contributed by atoms with Crippen LogP contribution in [0.2, 0.25) is 0 Å². The van der Waals surface area contributed by atoms with E-state index in [1.165, 1.54) is 19.4 Å². The minimum atomic E-state index is 0. The zero-order valence-electron chi connectivity index (χ0n) is 3.79. The quantitative estimate of drug-likeness (QED) is 0.334. The van der Waals surface area contributed by atoms with E-state index in [-0.39, 0.29) is 21.1 Å². The van der Waals surface area contributed by atoms with Crippen molar-refractivity contribution in [2.45, 2.75) is 0 Å². The average molecular weight is 787 g/mol. The van der Waals surface area contributed by atoms with E-state index in [1.54, 1.807) is 32.4 Å². The molecule has 0 aromatic heterocycles. The molecule has 0 atom stereocenters. The van der Waals surface area contributed by atoms with Crippen LogP contribution >= 0.6 is 0 Å². The average Bonchev–Trinajstić information content (AvgIpc) is 1.75. The van der Waals surface area contributed by atoms with Gasteiger partial charge in [-0.1, -0.05) is 0 Å². The predicted octanol–water partition coefficient (Wildman–Crippen LogP) is 0.124. The molecule has 0 saturated carbocycles. The Balaban J connectivity index is -0.0000000750. The molecule has 0 heterocycles. The Kier molecular flexibility index (Phi) is 47.6. The number of hydrogen-bond donors (Lipinski definition) is 0. The molecule has 0 rings (SSSR count). The SMILES string of the molecule is [C-]#[N+]C[C-]=[W].[W].[W]=[W]. The van der Waals surface area contributed by atoms with E-state index >= 15 is 0 Å². The van der Waals surface area contributed by atoms with Gasteiger partial charge in [0.25, 0.3) is 0 Å². The molecule has 0 amide bonds. The van der Waals surface area contributed by atoms with Crippen LogP contribution in [-0.2, 0) is 72.9 Å². The summed E-state index contributed by atoms with van der Waals surface area (Å²) in [5.74, 6) is 0. The first-order valence-electron chi connectivity index (χ1n) is 1.26. The number of nitrogens with zero attached hydrogens (tertiary/aromatic N) is 1. The molecule has 44 valence electrons. The van der Waals surface area contributed by atoms with Gasteiger partial charge in [-0.3, -0.25) is 0 Å². The Morgan fingerprint density at radius 1 is 1.50 bits per heavy atom. The summed E-state index contributed by atoms with van der Waals surface area (Å²) in [6.45, 7) is 6.65. The fourth-order valence-electron chi connectivity index (χ4n) is 0.0323. The molecule has 1 nitrogen and oxygen atoms in total. The Labute approximate surface area is 93.7 Å². The van der Waals surface area contributed by atoms with Gasteiger partial charge in [0, 0.05) is 21.1 Å². The fraction of sp³-hybridized carbons (Fsp3) is 0.333. The Morgan fingerprint density at radius 3 is 1.88 bits per heavy atom. The maximum atomic E-state index is 6.18. The molecule has 0 fully saturated rings. The van der Waals surface area contributed by atoms with Crippen molar-refractivity contribution < 1.29 is 72.9 Å². The van der Waals surface area contributed by atoms with Crippen LogP contribution in [-0.4, -0.2) is 10.9 Å². The summed E-state index contributed by atoms with van der Waals surface area (Å²) in [5, 5.41) is 0. The van der Waals surface area contributed by atoms with Gasteiger partial charge in [0.15, 0.2) is 0 Å². The zero-order chi connectivity index (χ0) is 6.12. The van der Waals surface area contributed by atoms with Gasteiger partial charge in [-0.15, -0.1) is 0 Å². The third kappa shape index (κ3) is 24.3. The summed E-state index contributed by atoms with van der Waals surface area (Å²) >= 11 is 4.59. The first kappa shape index (κ1) is 16.6. The first-order chi connectivity index (χ1) is 3.41. The van der Waals surface area contributed by atoms with Gasteiger partial charge >= 0.3 is 74.2 Å². The minimum absolute atomic E-state index is 0. The van der Waals surface area contributed by atoms with Crippen LogP contribution in [0.1, 0.15) is 0 Å². The molecule has 5 heteroatoms. The fourth-order valence-corrected chi connectivity index (χ4v) is 0.264. The van der Waals surface area contributed by atoms with Crippen molar-refractivity contribution in [3.8, 4) is 0 Å². The molecule has 0 spiro atoms. The van der Waals surface area contributed by atoms with Crippen molar-refractivity contribution in [2.75, 3.05) is 6.54 Å². The van der Waals surface area contributed by atoms with Crippen molar-refractivity contribution in [3.63, 3.8) is 0 Å². The topological polar surface area (TPSA) is 4.36 Å². The van der Waals surface area contributed by atoms with Gasteiger partial charge in [0.1, 0.15) is 0 Å². The summed E-state index contributed by atoms with van der Waals surface area (Å²) in [7, 11) is 0. The Morgan fingerprint density at radius 2 is 1.88 bits per heavy atom. The van der Waals surface area contributed by atoms with E-state index in [0.717, 1.165) is 0 Å². The van der Waals surface area contributed by atoms with Crippen molar-refractivity contribution in [1.82, 2.24) is 0 Å². The molecule has 0 saturated heterocycles. The molecule has 8 heavy (non-hydrogen) atoms. The van der Waals surface area contributed by atoms with Crippen molar-refractivity contribution in [1.29, 1.82) is 0 Å². The van der Waals surface area contributed by atoms with Gasteiger partial charge in [-0.25, -0.2) is 0 Å². The molecule has 0 radical (unpaired) electrons. The van der Waals surface area contributed by atoms with Crippen LogP contribution in [0.3, 0.4) is 0 Å². The second-order valence-electron chi connectivity index (χ2n) is 0.461. The predicted molar refractivity (Wildman–Crippen MR) is 16.5 cm³/mol.